The van der Waals surface area contributed by atoms with Crippen molar-refractivity contribution >= 4 is 39.9 Å². The number of hydrogen-bond donors (Lipinski definition) is 3. The molecule has 0 aliphatic carbocycles. The van der Waals surface area contributed by atoms with Crippen molar-refractivity contribution in [3.05, 3.63) is 40.5 Å². The summed E-state index contributed by atoms with van der Waals surface area (Å²) in [6, 6.07) is 6.20. The maximum atomic E-state index is 9.18. The van der Waals surface area contributed by atoms with Gasteiger partial charge in [0.1, 0.15) is 6.07 Å². The fraction of sp³-hybridized carbons (Fsp3) is 0.200. The highest BCUT2D eigenvalue weighted by Gasteiger charge is 2.11. The van der Waals surface area contributed by atoms with E-state index in [0.29, 0.717) is 12.0 Å². The SMILES string of the molecule is Cc1ccc(NSc2nc(CCO)cs2)c2[nH]cc(C#N)c12. The fourth-order valence-electron chi connectivity index (χ4n) is 2.26. The molecule has 0 atom stereocenters. The quantitative estimate of drug-likeness (QED) is 0.624. The number of nitriles is 1. The van der Waals surface area contributed by atoms with Crippen LogP contribution in [-0.2, 0) is 6.42 Å². The first-order valence-corrected chi connectivity index (χ1v) is 8.41. The Morgan fingerprint density at radius 1 is 1.50 bits per heavy atom. The lowest BCUT2D eigenvalue weighted by Gasteiger charge is -2.06. The number of aliphatic hydroxyl groups is 1. The van der Waals surface area contributed by atoms with Crippen LogP contribution in [0.15, 0.2) is 28.0 Å². The van der Waals surface area contributed by atoms with Gasteiger partial charge in [-0.2, -0.15) is 5.26 Å². The smallest absolute Gasteiger partial charge is 0.170 e. The number of H-pyrrole nitrogens is 1. The second-order valence-electron chi connectivity index (χ2n) is 4.78. The zero-order valence-electron chi connectivity index (χ0n) is 11.9. The molecule has 0 fully saturated rings. The molecule has 1 aromatic carbocycles. The molecule has 0 unspecified atom stereocenters. The number of rotatable bonds is 5. The summed E-state index contributed by atoms with van der Waals surface area (Å²) in [4.78, 5) is 7.59. The van der Waals surface area contributed by atoms with Gasteiger partial charge in [-0.05, 0) is 18.6 Å². The van der Waals surface area contributed by atoms with Crippen LogP contribution >= 0.6 is 23.3 Å². The number of fused-ring (bicyclic) bond motifs is 1. The third kappa shape index (κ3) is 2.81. The molecular weight excluding hydrogens is 316 g/mol. The van der Waals surface area contributed by atoms with Crippen LogP contribution in [0.2, 0.25) is 0 Å². The summed E-state index contributed by atoms with van der Waals surface area (Å²) in [7, 11) is 0. The van der Waals surface area contributed by atoms with Gasteiger partial charge in [-0.1, -0.05) is 6.07 Å². The van der Waals surface area contributed by atoms with E-state index in [0.717, 1.165) is 32.2 Å². The monoisotopic (exact) mass is 330 g/mol. The lowest BCUT2D eigenvalue weighted by Crippen LogP contribution is -1.92. The highest BCUT2D eigenvalue weighted by molar-refractivity contribution is 8.02. The minimum Gasteiger partial charge on any atom is -0.396 e. The van der Waals surface area contributed by atoms with Crippen LogP contribution < -0.4 is 4.72 Å². The largest absolute Gasteiger partial charge is 0.396 e. The van der Waals surface area contributed by atoms with E-state index in [-0.39, 0.29) is 6.61 Å². The Hall–Kier alpha value is -2.01. The summed E-state index contributed by atoms with van der Waals surface area (Å²) in [6.07, 6.45) is 2.31. The molecule has 22 heavy (non-hydrogen) atoms. The number of hydrogen-bond acceptors (Lipinski definition) is 6. The van der Waals surface area contributed by atoms with Gasteiger partial charge in [0.15, 0.2) is 4.34 Å². The van der Waals surface area contributed by atoms with Crippen molar-refractivity contribution in [2.75, 3.05) is 11.3 Å². The maximum absolute atomic E-state index is 9.18. The fourth-order valence-corrected chi connectivity index (χ4v) is 3.83. The molecule has 0 radical (unpaired) electrons. The zero-order valence-corrected chi connectivity index (χ0v) is 13.5. The van der Waals surface area contributed by atoms with Crippen LogP contribution in [0.1, 0.15) is 16.8 Å². The Labute approximate surface area is 136 Å². The van der Waals surface area contributed by atoms with E-state index in [1.165, 1.54) is 11.9 Å². The van der Waals surface area contributed by atoms with Gasteiger partial charge in [0.2, 0.25) is 0 Å². The number of benzene rings is 1. The van der Waals surface area contributed by atoms with Gasteiger partial charge < -0.3 is 14.8 Å². The molecule has 0 aliphatic rings. The highest BCUT2D eigenvalue weighted by atomic mass is 32.2. The Morgan fingerprint density at radius 3 is 3.14 bits per heavy atom. The number of aromatic nitrogens is 2. The Balaban J connectivity index is 1.83. The summed E-state index contributed by atoms with van der Waals surface area (Å²) < 4.78 is 4.18. The van der Waals surface area contributed by atoms with E-state index in [1.807, 2.05) is 24.4 Å². The van der Waals surface area contributed by atoms with Crippen LogP contribution in [-0.4, -0.2) is 21.7 Å². The van der Waals surface area contributed by atoms with Crippen LogP contribution in [0, 0.1) is 18.3 Å². The zero-order chi connectivity index (χ0) is 15.5. The van der Waals surface area contributed by atoms with E-state index in [4.69, 9.17) is 5.11 Å². The highest BCUT2D eigenvalue weighted by Crippen LogP contribution is 2.32. The van der Waals surface area contributed by atoms with Gasteiger partial charge in [0.05, 0.1) is 22.5 Å². The van der Waals surface area contributed by atoms with Gasteiger partial charge >= 0.3 is 0 Å². The molecule has 0 aliphatic heterocycles. The average Bonchev–Trinajstić information content (AvgIpc) is 3.14. The van der Waals surface area contributed by atoms with Gasteiger partial charge in [-0.25, -0.2) is 4.98 Å². The van der Waals surface area contributed by atoms with Gasteiger partial charge in [0, 0.05) is 41.9 Å². The number of aromatic amines is 1. The molecular formula is C15H14N4OS2. The standard InChI is InChI=1S/C15H14N4OS2/c1-9-2-3-12(14-13(9)10(6-16)7-17-14)19-22-15-18-11(4-5-20)8-21-15/h2-3,7-8,17,19-20H,4-5H2,1H3. The molecule has 112 valence electrons. The van der Waals surface area contributed by atoms with Crippen LogP contribution in [0.3, 0.4) is 0 Å². The molecule has 0 spiro atoms. The summed E-state index contributed by atoms with van der Waals surface area (Å²) in [6.45, 7) is 2.11. The third-order valence-electron chi connectivity index (χ3n) is 3.31. The van der Waals surface area contributed by atoms with Crippen molar-refractivity contribution in [1.29, 1.82) is 5.26 Å². The van der Waals surface area contributed by atoms with Crippen molar-refractivity contribution in [3.8, 4) is 6.07 Å². The molecule has 0 saturated carbocycles. The first-order valence-electron chi connectivity index (χ1n) is 6.72. The molecule has 0 saturated heterocycles. The second kappa shape index (κ2) is 6.40. The summed E-state index contributed by atoms with van der Waals surface area (Å²) in [5.74, 6) is 0. The average molecular weight is 330 g/mol. The third-order valence-corrected chi connectivity index (χ3v) is 5.12. The Kier molecular flexibility index (Phi) is 4.34. The van der Waals surface area contributed by atoms with E-state index in [9.17, 15) is 5.26 Å². The van der Waals surface area contributed by atoms with Gasteiger partial charge in [-0.15, -0.1) is 11.3 Å². The summed E-state index contributed by atoms with van der Waals surface area (Å²) in [5.41, 5.74) is 4.48. The van der Waals surface area contributed by atoms with Crippen molar-refractivity contribution in [1.82, 2.24) is 9.97 Å². The minimum atomic E-state index is 0.110. The number of nitrogens with zero attached hydrogens (tertiary/aromatic N) is 2. The van der Waals surface area contributed by atoms with Gasteiger partial charge in [-0.3, -0.25) is 0 Å². The topological polar surface area (TPSA) is 84.7 Å². The first-order chi connectivity index (χ1) is 10.7. The van der Waals surface area contributed by atoms with E-state index < -0.39 is 0 Å². The number of aryl methyl sites for hydroxylation is 1. The van der Waals surface area contributed by atoms with Crippen LogP contribution in [0.25, 0.3) is 10.9 Å². The van der Waals surface area contributed by atoms with E-state index >= 15 is 0 Å². The second-order valence-corrected chi connectivity index (χ2v) is 6.69. The molecule has 3 N–H and O–H groups in total. The summed E-state index contributed by atoms with van der Waals surface area (Å²) >= 11 is 2.97. The number of anilines is 1. The Morgan fingerprint density at radius 2 is 2.36 bits per heavy atom. The van der Waals surface area contributed by atoms with Crippen molar-refractivity contribution in [2.45, 2.75) is 17.7 Å². The summed E-state index contributed by atoms with van der Waals surface area (Å²) in [5, 5.41) is 21.0. The lowest BCUT2D eigenvalue weighted by atomic mass is 10.1. The normalized spacial score (nSPS) is 10.8. The molecule has 3 aromatic rings. The number of thiazole rings is 1. The van der Waals surface area contributed by atoms with Crippen LogP contribution in [0.5, 0.6) is 0 Å². The Bertz CT molecular complexity index is 847. The van der Waals surface area contributed by atoms with E-state index in [2.05, 4.69) is 20.8 Å². The molecule has 5 nitrogen and oxygen atoms in total. The minimum absolute atomic E-state index is 0.110. The molecule has 2 heterocycles. The van der Waals surface area contributed by atoms with Crippen molar-refractivity contribution in [3.63, 3.8) is 0 Å². The van der Waals surface area contributed by atoms with Crippen molar-refractivity contribution < 1.29 is 5.11 Å². The van der Waals surface area contributed by atoms with Crippen molar-refractivity contribution in [2.24, 2.45) is 0 Å². The predicted molar refractivity (Wildman–Crippen MR) is 90.1 cm³/mol. The number of aliphatic hydroxyl groups excluding tert-OH is 1. The predicted octanol–water partition coefficient (Wildman–Crippen LogP) is 3.46. The molecule has 3 rings (SSSR count). The molecule has 2 aromatic heterocycles. The number of nitrogens with one attached hydrogen (secondary N) is 2. The molecule has 0 bridgehead atoms. The maximum Gasteiger partial charge on any atom is 0.170 e. The van der Waals surface area contributed by atoms with Gasteiger partial charge in [0.25, 0.3) is 0 Å². The van der Waals surface area contributed by atoms with Crippen LogP contribution in [0.4, 0.5) is 5.69 Å². The lowest BCUT2D eigenvalue weighted by molar-refractivity contribution is 0.298. The first kappa shape index (κ1) is 14.9. The molecule has 7 heteroatoms. The van der Waals surface area contributed by atoms with E-state index in [1.54, 1.807) is 17.5 Å². The molecule has 0 amide bonds.